The van der Waals surface area contributed by atoms with Crippen LogP contribution in [0.1, 0.15) is 11.3 Å². The van der Waals surface area contributed by atoms with Crippen LogP contribution < -0.4 is 4.72 Å². The maximum atomic E-state index is 12.2. The average molecular weight is 352 g/mol. The molecule has 0 unspecified atom stereocenters. The molecule has 20 heavy (non-hydrogen) atoms. The molecule has 0 saturated heterocycles. The molecule has 7 heteroatoms. The summed E-state index contributed by atoms with van der Waals surface area (Å²) in [6.45, 7) is 1.91. The Hall–Kier alpha value is -1.91. The maximum Gasteiger partial charge on any atom is 0.263 e. The summed E-state index contributed by atoms with van der Waals surface area (Å²) >= 11 is 3.31. The van der Waals surface area contributed by atoms with E-state index >= 15 is 0 Å². The van der Waals surface area contributed by atoms with E-state index in [1.165, 1.54) is 12.1 Å². The van der Waals surface area contributed by atoms with Crippen molar-refractivity contribution in [2.75, 3.05) is 4.72 Å². The van der Waals surface area contributed by atoms with E-state index in [0.717, 1.165) is 11.8 Å². The Labute approximate surface area is 125 Å². The number of hydrogen-bond acceptors (Lipinski definition) is 4. The monoisotopic (exact) mass is 351 g/mol. The summed E-state index contributed by atoms with van der Waals surface area (Å²) in [7, 11) is -3.73. The van der Waals surface area contributed by atoms with Gasteiger partial charge in [0.05, 0.1) is 5.69 Å². The van der Waals surface area contributed by atoms with Crippen molar-refractivity contribution in [3.05, 3.63) is 52.3 Å². The predicted octanol–water partition coefficient (Wildman–Crippen LogP) is 2.83. The van der Waals surface area contributed by atoms with E-state index in [1.807, 2.05) is 19.1 Å². The molecule has 0 spiro atoms. The van der Waals surface area contributed by atoms with Gasteiger partial charge in [0.2, 0.25) is 0 Å². The zero-order valence-electron chi connectivity index (χ0n) is 10.5. The van der Waals surface area contributed by atoms with Gasteiger partial charge in [-0.05, 0) is 52.7 Å². The van der Waals surface area contributed by atoms with Crippen LogP contribution in [0, 0.1) is 18.3 Å². The standard InChI is InChI=1S/C13H10BrN3O2S/c1-9-2-5-13(12(14)6-9)17-20(18,19)11-4-3-10(7-15)16-8-11/h2-6,8,17H,1H3. The van der Waals surface area contributed by atoms with Gasteiger partial charge in [-0.3, -0.25) is 4.72 Å². The van der Waals surface area contributed by atoms with Crippen LogP contribution >= 0.6 is 15.9 Å². The van der Waals surface area contributed by atoms with Crippen LogP contribution in [0.4, 0.5) is 5.69 Å². The molecule has 1 aromatic carbocycles. The Morgan fingerprint density at radius 3 is 2.60 bits per heavy atom. The molecule has 0 bridgehead atoms. The van der Waals surface area contributed by atoms with Crippen LogP contribution in [0.2, 0.25) is 0 Å². The molecule has 0 aliphatic carbocycles. The summed E-state index contributed by atoms with van der Waals surface area (Å²) in [5.74, 6) is 0. The number of benzene rings is 1. The van der Waals surface area contributed by atoms with Gasteiger partial charge in [-0.25, -0.2) is 13.4 Å². The highest BCUT2D eigenvalue weighted by atomic mass is 79.9. The Bertz CT molecular complexity index is 780. The molecule has 0 aliphatic heterocycles. The lowest BCUT2D eigenvalue weighted by Gasteiger charge is -2.10. The molecule has 0 atom stereocenters. The largest absolute Gasteiger partial charge is 0.278 e. The van der Waals surface area contributed by atoms with Crippen molar-refractivity contribution in [3.8, 4) is 6.07 Å². The van der Waals surface area contributed by atoms with E-state index in [-0.39, 0.29) is 10.6 Å². The number of anilines is 1. The number of aryl methyl sites for hydroxylation is 1. The first-order valence-corrected chi connectivity index (χ1v) is 7.85. The molecule has 0 aliphatic rings. The normalized spacial score (nSPS) is 10.8. The molecule has 0 saturated carbocycles. The first kappa shape index (κ1) is 14.5. The zero-order valence-corrected chi connectivity index (χ0v) is 12.9. The zero-order chi connectivity index (χ0) is 14.8. The van der Waals surface area contributed by atoms with Gasteiger partial charge >= 0.3 is 0 Å². The summed E-state index contributed by atoms with van der Waals surface area (Å²) in [6.07, 6.45) is 1.16. The van der Waals surface area contributed by atoms with Gasteiger partial charge in [-0.15, -0.1) is 0 Å². The second kappa shape index (κ2) is 5.61. The quantitative estimate of drug-likeness (QED) is 0.921. The highest BCUT2D eigenvalue weighted by Crippen LogP contribution is 2.25. The van der Waals surface area contributed by atoms with Gasteiger partial charge < -0.3 is 0 Å². The van der Waals surface area contributed by atoms with Crippen LogP contribution in [0.5, 0.6) is 0 Å². The Kier molecular flexibility index (Phi) is 4.06. The number of nitrogens with one attached hydrogen (secondary N) is 1. The number of pyridine rings is 1. The Morgan fingerprint density at radius 2 is 2.05 bits per heavy atom. The van der Waals surface area contributed by atoms with Gasteiger partial charge in [0.15, 0.2) is 0 Å². The van der Waals surface area contributed by atoms with E-state index < -0.39 is 10.0 Å². The third-order valence-electron chi connectivity index (χ3n) is 2.53. The van der Waals surface area contributed by atoms with Gasteiger partial charge in [0.25, 0.3) is 10.0 Å². The van der Waals surface area contributed by atoms with Crippen molar-refractivity contribution in [3.63, 3.8) is 0 Å². The average Bonchev–Trinajstić information content (AvgIpc) is 2.42. The number of nitriles is 1. The molecule has 0 amide bonds. The van der Waals surface area contributed by atoms with Crippen molar-refractivity contribution in [2.24, 2.45) is 0 Å². The van der Waals surface area contributed by atoms with E-state index in [1.54, 1.807) is 12.1 Å². The van der Waals surface area contributed by atoms with Crippen LogP contribution in [0.15, 0.2) is 45.9 Å². The van der Waals surface area contributed by atoms with Crippen molar-refractivity contribution in [1.82, 2.24) is 4.98 Å². The molecular weight excluding hydrogens is 342 g/mol. The Morgan fingerprint density at radius 1 is 1.30 bits per heavy atom. The molecule has 5 nitrogen and oxygen atoms in total. The fourth-order valence-electron chi connectivity index (χ4n) is 1.51. The number of halogens is 1. The van der Waals surface area contributed by atoms with Crippen molar-refractivity contribution >= 4 is 31.6 Å². The smallest absolute Gasteiger partial charge is 0.263 e. The second-order valence-electron chi connectivity index (χ2n) is 4.08. The summed E-state index contributed by atoms with van der Waals surface area (Å²) in [5.41, 5.74) is 1.63. The lowest BCUT2D eigenvalue weighted by Crippen LogP contribution is -2.13. The lowest BCUT2D eigenvalue weighted by molar-refractivity contribution is 0.601. The van der Waals surface area contributed by atoms with Crippen LogP contribution in [0.25, 0.3) is 0 Å². The predicted molar refractivity (Wildman–Crippen MR) is 78.6 cm³/mol. The van der Waals surface area contributed by atoms with Gasteiger partial charge in [0, 0.05) is 10.7 Å². The molecule has 1 aromatic heterocycles. The number of aromatic nitrogens is 1. The molecule has 2 aromatic rings. The minimum absolute atomic E-state index is 0.00368. The van der Waals surface area contributed by atoms with Gasteiger partial charge in [-0.1, -0.05) is 6.07 Å². The summed E-state index contributed by atoms with van der Waals surface area (Å²) in [5, 5.41) is 8.65. The molecular formula is C13H10BrN3O2S. The minimum Gasteiger partial charge on any atom is -0.278 e. The van der Waals surface area contributed by atoms with Crippen LogP contribution in [-0.2, 0) is 10.0 Å². The fraction of sp³-hybridized carbons (Fsp3) is 0.0769. The topological polar surface area (TPSA) is 82.9 Å². The molecule has 0 radical (unpaired) electrons. The second-order valence-corrected chi connectivity index (χ2v) is 6.62. The van der Waals surface area contributed by atoms with E-state index in [0.29, 0.717) is 10.2 Å². The lowest BCUT2D eigenvalue weighted by atomic mass is 10.2. The number of sulfonamides is 1. The first-order chi connectivity index (χ1) is 9.42. The third-order valence-corrected chi connectivity index (χ3v) is 4.54. The summed E-state index contributed by atoms with van der Waals surface area (Å²) < 4.78 is 27.5. The van der Waals surface area contributed by atoms with E-state index in [4.69, 9.17) is 5.26 Å². The van der Waals surface area contributed by atoms with E-state index in [9.17, 15) is 8.42 Å². The summed E-state index contributed by atoms with van der Waals surface area (Å²) in [4.78, 5) is 3.75. The van der Waals surface area contributed by atoms with E-state index in [2.05, 4.69) is 25.6 Å². The van der Waals surface area contributed by atoms with Crippen LogP contribution in [-0.4, -0.2) is 13.4 Å². The number of nitrogens with zero attached hydrogens (tertiary/aromatic N) is 2. The first-order valence-electron chi connectivity index (χ1n) is 5.57. The molecule has 1 N–H and O–H groups in total. The molecule has 2 rings (SSSR count). The van der Waals surface area contributed by atoms with Crippen molar-refractivity contribution in [1.29, 1.82) is 5.26 Å². The molecule has 1 heterocycles. The van der Waals surface area contributed by atoms with Crippen molar-refractivity contribution < 1.29 is 8.42 Å². The summed E-state index contributed by atoms with van der Waals surface area (Å²) in [6, 6.07) is 9.83. The minimum atomic E-state index is -3.73. The third kappa shape index (κ3) is 3.15. The highest BCUT2D eigenvalue weighted by Gasteiger charge is 2.16. The SMILES string of the molecule is Cc1ccc(NS(=O)(=O)c2ccc(C#N)nc2)c(Br)c1. The van der Waals surface area contributed by atoms with Gasteiger partial charge in [0.1, 0.15) is 16.7 Å². The van der Waals surface area contributed by atoms with Gasteiger partial charge in [-0.2, -0.15) is 5.26 Å². The Balaban J connectivity index is 2.33. The van der Waals surface area contributed by atoms with Crippen molar-refractivity contribution in [2.45, 2.75) is 11.8 Å². The maximum absolute atomic E-state index is 12.2. The highest BCUT2D eigenvalue weighted by molar-refractivity contribution is 9.10. The fourth-order valence-corrected chi connectivity index (χ4v) is 3.26. The molecule has 0 fully saturated rings. The van der Waals surface area contributed by atoms with Crippen LogP contribution in [0.3, 0.4) is 0 Å². The molecule has 102 valence electrons. The number of hydrogen-bond donors (Lipinski definition) is 1. The number of rotatable bonds is 3.